The second-order valence-corrected chi connectivity index (χ2v) is 8.36. The van der Waals surface area contributed by atoms with E-state index >= 15 is 0 Å². The number of aliphatic imine (C=N–C) groups is 1. The van der Waals surface area contributed by atoms with Crippen LogP contribution in [0.5, 0.6) is 0 Å². The van der Waals surface area contributed by atoms with Gasteiger partial charge in [0.25, 0.3) is 0 Å². The molecule has 0 aromatic heterocycles. The Bertz CT molecular complexity index is 967. The molecule has 1 saturated carbocycles. The highest BCUT2D eigenvalue weighted by Crippen LogP contribution is 2.49. The first kappa shape index (κ1) is 20.0. The maximum Gasteiger partial charge on any atom is 0.417 e. The van der Waals surface area contributed by atoms with E-state index < -0.39 is 29.7 Å². The van der Waals surface area contributed by atoms with Crippen LogP contribution < -0.4 is 0 Å². The predicted octanol–water partition coefficient (Wildman–Crippen LogP) is 5.12. The minimum Gasteiger partial charge on any atom is -0.481 e. The number of carboxylic acids is 1. The molecule has 154 valence electrons. The third-order valence-electron chi connectivity index (χ3n) is 5.87. The van der Waals surface area contributed by atoms with Crippen molar-refractivity contribution in [3.05, 3.63) is 57.8 Å². The van der Waals surface area contributed by atoms with E-state index in [-0.39, 0.29) is 22.8 Å². The lowest BCUT2D eigenvalue weighted by Gasteiger charge is -2.41. The van der Waals surface area contributed by atoms with Crippen molar-refractivity contribution in [3.8, 4) is 0 Å². The normalized spacial score (nSPS) is 28.9. The Hall–Kier alpha value is -2.28. The second-order valence-electron chi connectivity index (χ2n) is 7.96. The molecule has 2 heterocycles. The molecule has 0 saturated heterocycles. The van der Waals surface area contributed by atoms with Crippen molar-refractivity contribution in [3.63, 3.8) is 0 Å². The van der Waals surface area contributed by atoms with Crippen LogP contribution in [-0.4, -0.2) is 34.0 Å². The molecule has 0 amide bonds. The maximum atomic E-state index is 13.4. The molecule has 1 aromatic carbocycles. The molecular weight excluding hydrogens is 405 g/mol. The van der Waals surface area contributed by atoms with Crippen LogP contribution in [-0.2, 0) is 4.79 Å². The van der Waals surface area contributed by atoms with E-state index in [0.717, 1.165) is 29.0 Å². The monoisotopic (exact) mass is 424 g/mol. The number of fused-ring (bicyclic) bond motifs is 1. The Labute approximate surface area is 171 Å². The van der Waals surface area contributed by atoms with Crippen molar-refractivity contribution >= 4 is 23.4 Å². The molecule has 1 fully saturated rings. The Morgan fingerprint density at radius 2 is 2.00 bits per heavy atom. The van der Waals surface area contributed by atoms with E-state index in [1.165, 1.54) is 4.90 Å². The largest absolute Gasteiger partial charge is 0.481 e. The lowest BCUT2D eigenvalue weighted by Crippen LogP contribution is -2.41. The fourth-order valence-electron chi connectivity index (χ4n) is 4.32. The molecule has 4 rings (SSSR count). The van der Waals surface area contributed by atoms with Gasteiger partial charge >= 0.3 is 12.1 Å². The van der Waals surface area contributed by atoms with Gasteiger partial charge in [0.15, 0.2) is 0 Å². The van der Waals surface area contributed by atoms with Gasteiger partial charge in [0, 0.05) is 6.20 Å². The van der Waals surface area contributed by atoms with Crippen molar-refractivity contribution in [2.45, 2.75) is 44.9 Å². The van der Waals surface area contributed by atoms with Gasteiger partial charge in [-0.2, -0.15) is 13.2 Å². The molecule has 1 aromatic rings. The molecule has 1 aliphatic carbocycles. The summed E-state index contributed by atoms with van der Waals surface area (Å²) in [5, 5.41) is 9.21. The summed E-state index contributed by atoms with van der Waals surface area (Å²) in [5.41, 5.74) is 2.09. The Balaban J connectivity index is 1.78. The van der Waals surface area contributed by atoms with E-state index in [2.05, 4.69) is 4.99 Å². The zero-order chi connectivity index (χ0) is 21.1. The molecule has 0 bridgehead atoms. The van der Waals surface area contributed by atoms with Crippen molar-refractivity contribution in [1.82, 2.24) is 4.90 Å². The zero-order valence-corrected chi connectivity index (χ0v) is 16.6. The molecule has 8 heteroatoms. The van der Waals surface area contributed by atoms with Crippen LogP contribution in [0.3, 0.4) is 0 Å². The van der Waals surface area contributed by atoms with Crippen molar-refractivity contribution in [1.29, 1.82) is 0 Å². The summed E-state index contributed by atoms with van der Waals surface area (Å²) >= 11 is 6.23. The van der Waals surface area contributed by atoms with Crippen LogP contribution in [0.25, 0.3) is 0 Å². The van der Waals surface area contributed by atoms with Gasteiger partial charge in [-0.3, -0.25) is 9.79 Å². The number of carbonyl (C=O) groups is 1. The van der Waals surface area contributed by atoms with E-state index in [1.54, 1.807) is 0 Å². The van der Waals surface area contributed by atoms with Crippen LogP contribution in [0.4, 0.5) is 13.2 Å². The van der Waals surface area contributed by atoms with Crippen molar-refractivity contribution in [2.24, 2.45) is 16.8 Å². The van der Waals surface area contributed by atoms with Gasteiger partial charge in [-0.05, 0) is 49.8 Å². The topological polar surface area (TPSA) is 52.9 Å². The minimum absolute atomic E-state index is 0.0770. The molecule has 0 radical (unpaired) electrons. The summed E-state index contributed by atoms with van der Waals surface area (Å²) in [5.74, 6) is -1.15. The fraction of sp³-hybridized carbons (Fsp3) is 0.429. The summed E-state index contributed by atoms with van der Waals surface area (Å²) in [6.45, 7) is 3.88. The Morgan fingerprint density at radius 3 is 2.59 bits per heavy atom. The summed E-state index contributed by atoms with van der Waals surface area (Å²) in [6.07, 6.45) is -1.61. The number of carboxylic acid groups (broad SMARTS) is 1. The number of amidine groups is 1. The summed E-state index contributed by atoms with van der Waals surface area (Å²) < 4.78 is 40.2. The third kappa shape index (κ3) is 3.68. The van der Waals surface area contributed by atoms with Gasteiger partial charge in [-0.1, -0.05) is 35.4 Å². The summed E-state index contributed by atoms with van der Waals surface area (Å²) in [6, 6.07) is 5.14. The average molecular weight is 425 g/mol. The second kappa shape index (κ2) is 6.90. The maximum absolute atomic E-state index is 13.4. The first-order valence-electron chi connectivity index (χ1n) is 9.39. The number of rotatable bonds is 3. The molecule has 0 spiro atoms. The molecule has 4 unspecified atom stereocenters. The summed E-state index contributed by atoms with van der Waals surface area (Å²) in [4.78, 5) is 17.4. The number of aliphatic carboxylic acids is 1. The third-order valence-corrected chi connectivity index (χ3v) is 6.15. The van der Waals surface area contributed by atoms with Crippen LogP contribution in [0, 0.1) is 25.7 Å². The fourth-order valence-corrected chi connectivity index (χ4v) is 4.58. The van der Waals surface area contributed by atoms with Crippen molar-refractivity contribution < 1.29 is 23.1 Å². The molecule has 3 aliphatic rings. The smallest absolute Gasteiger partial charge is 0.417 e. The van der Waals surface area contributed by atoms with Gasteiger partial charge in [-0.25, -0.2) is 0 Å². The average Bonchev–Trinajstić information content (AvgIpc) is 3.41. The molecule has 1 N–H and O–H groups in total. The van der Waals surface area contributed by atoms with Gasteiger partial charge in [-0.15, -0.1) is 0 Å². The van der Waals surface area contributed by atoms with Crippen LogP contribution in [0.1, 0.15) is 35.6 Å². The highest BCUT2D eigenvalue weighted by molar-refractivity contribution is 6.43. The number of aryl methyl sites for hydroxylation is 2. The van der Waals surface area contributed by atoms with Gasteiger partial charge in [0.05, 0.1) is 28.6 Å². The van der Waals surface area contributed by atoms with E-state index in [0.29, 0.717) is 12.8 Å². The number of hydrogen-bond acceptors (Lipinski definition) is 3. The number of allylic oxidation sites excluding steroid dienone is 2. The lowest BCUT2D eigenvalue weighted by atomic mass is 9.89. The van der Waals surface area contributed by atoms with Crippen LogP contribution in [0.15, 0.2) is 46.1 Å². The van der Waals surface area contributed by atoms with E-state index in [1.807, 2.05) is 32.0 Å². The van der Waals surface area contributed by atoms with Crippen LogP contribution in [0.2, 0.25) is 0 Å². The molecule has 4 atom stereocenters. The van der Waals surface area contributed by atoms with Gasteiger partial charge in [0.2, 0.25) is 0 Å². The molecule has 4 nitrogen and oxygen atoms in total. The highest BCUT2D eigenvalue weighted by Gasteiger charge is 2.51. The number of hydrogen-bond donors (Lipinski definition) is 1. The Kier molecular flexibility index (Phi) is 4.76. The van der Waals surface area contributed by atoms with E-state index in [4.69, 9.17) is 11.6 Å². The molecule has 29 heavy (non-hydrogen) atoms. The summed E-state index contributed by atoms with van der Waals surface area (Å²) in [7, 11) is 0. The number of nitrogens with zero attached hydrogens (tertiary/aromatic N) is 2. The Morgan fingerprint density at radius 1 is 1.28 bits per heavy atom. The molecule has 2 aliphatic heterocycles. The number of benzene rings is 1. The molecular formula is C21H20ClF3N2O2. The highest BCUT2D eigenvalue weighted by atomic mass is 35.5. The van der Waals surface area contributed by atoms with Gasteiger partial charge < -0.3 is 10.0 Å². The lowest BCUT2D eigenvalue weighted by molar-refractivity contribution is -0.139. The zero-order valence-electron chi connectivity index (χ0n) is 15.9. The van der Waals surface area contributed by atoms with Crippen LogP contribution >= 0.6 is 11.6 Å². The van der Waals surface area contributed by atoms with Crippen molar-refractivity contribution in [2.75, 3.05) is 0 Å². The minimum atomic E-state index is -4.53. The first-order chi connectivity index (χ1) is 13.6. The number of halogens is 4. The first-order valence-corrected chi connectivity index (χ1v) is 9.76. The van der Waals surface area contributed by atoms with Gasteiger partial charge in [0.1, 0.15) is 5.84 Å². The standard InChI is InChI=1S/C21H20ClF3N2O2/c1-10-3-4-13(11(2)5-10)18-8-17(14-7-15(14)20(28)29)26-19-16(22)6-12(9-27(18)19)21(23,24)25/h3-6,9,14-15,17-18H,7-8H2,1-2H3,(H,28,29). The SMILES string of the molecule is Cc1ccc(C2CC(C3CC3C(=O)O)N=C3C(Cl)=CC(C(F)(F)F)=CN32)c(C)c1. The number of alkyl halides is 3. The predicted molar refractivity (Wildman–Crippen MR) is 104 cm³/mol. The quantitative estimate of drug-likeness (QED) is 0.732. The van der Waals surface area contributed by atoms with E-state index in [9.17, 15) is 23.1 Å².